The van der Waals surface area contributed by atoms with Gasteiger partial charge in [-0.25, -0.2) is 9.48 Å². The van der Waals surface area contributed by atoms with Crippen molar-refractivity contribution in [1.82, 2.24) is 18.9 Å². The molecule has 8 nitrogen and oxygen atoms in total. The second-order valence-electron chi connectivity index (χ2n) is 8.39. The molecule has 0 unspecified atom stereocenters. The number of methoxy groups -OCH3 is 1. The number of nitriles is 1. The second-order valence-corrected chi connectivity index (χ2v) is 8.39. The highest BCUT2D eigenvalue weighted by molar-refractivity contribution is 5.64. The Bertz CT molecular complexity index is 1670. The fourth-order valence-corrected chi connectivity index (χ4v) is 4.16. The molecule has 1 atom stereocenters. The molecule has 0 bridgehead atoms. The molecule has 2 aromatic heterocycles. The summed E-state index contributed by atoms with van der Waals surface area (Å²) >= 11 is 0. The summed E-state index contributed by atoms with van der Waals surface area (Å²) in [6.07, 6.45) is -0.375. The fraction of sp³-hybridized carbons (Fsp3) is 0.185. The summed E-state index contributed by atoms with van der Waals surface area (Å²) in [7, 11) is 1.41. The fourth-order valence-electron chi connectivity index (χ4n) is 4.16. The average Bonchev–Trinajstić information content (AvgIpc) is 3.36. The van der Waals surface area contributed by atoms with Gasteiger partial charge in [0.2, 0.25) is 0 Å². The van der Waals surface area contributed by atoms with E-state index in [0.29, 0.717) is 16.9 Å². The van der Waals surface area contributed by atoms with E-state index in [1.165, 1.54) is 49.4 Å². The number of benzene rings is 2. The monoisotopic (exact) mass is 521 g/mol. The highest BCUT2D eigenvalue weighted by Crippen LogP contribution is 2.31. The number of alkyl halides is 3. The van der Waals surface area contributed by atoms with Crippen LogP contribution in [0.4, 0.5) is 13.2 Å². The van der Waals surface area contributed by atoms with Crippen LogP contribution in [0.25, 0.3) is 22.6 Å². The minimum absolute atomic E-state index is 0.0512. The van der Waals surface area contributed by atoms with Gasteiger partial charge in [0.15, 0.2) is 0 Å². The third-order valence-electron chi connectivity index (χ3n) is 6.00. The van der Waals surface area contributed by atoms with Gasteiger partial charge in [-0.05, 0) is 68.5 Å². The molecule has 0 aliphatic heterocycles. The molecule has 0 saturated carbocycles. The van der Waals surface area contributed by atoms with Crippen LogP contribution in [0.5, 0.6) is 0 Å². The van der Waals surface area contributed by atoms with Crippen LogP contribution < -0.4 is 11.2 Å². The van der Waals surface area contributed by atoms with Crippen LogP contribution in [0, 0.1) is 18.3 Å². The standard InChI is InChI=1S/C27H22F3N5O3/c1-17(12-14-38-3)33-25(36)24(23-11-13-32-35(23)21-9-7-19(16-31)8-10-21)18(2)34(26(33)37)22-6-4-5-20(15-22)27(28,29)30/h4-15,17H,1-3H3/b14-12+/t17-/m1/s1. The van der Waals surface area contributed by atoms with Gasteiger partial charge in [-0.1, -0.05) is 6.07 Å². The number of hydrogen-bond acceptors (Lipinski definition) is 5. The van der Waals surface area contributed by atoms with E-state index in [4.69, 9.17) is 10.00 Å². The number of rotatable bonds is 6. The molecule has 0 fully saturated rings. The summed E-state index contributed by atoms with van der Waals surface area (Å²) in [5.41, 5.74) is -0.964. The maximum absolute atomic E-state index is 13.8. The third kappa shape index (κ3) is 4.76. The molecule has 0 aliphatic carbocycles. The number of halogens is 3. The molecule has 0 aliphatic rings. The van der Waals surface area contributed by atoms with E-state index >= 15 is 0 Å². The first-order chi connectivity index (χ1) is 18.1. The van der Waals surface area contributed by atoms with Crippen molar-refractivity contribution >= 4 is 0 Å². The smallest absolute Gasteiger partial charge is 0.416 e. The van der Waals surface area contributed by atoms with Crippen molar-refractivity contribution in [2.75, 3.05) is 7.11 Å². The highest BCUT2D eigenvalue weighted by atomic mass is 19.4. The molecule has 4 aromatic rings. The summed E-state index contributed by atoms with van der Waals surface area (Å²) in [6, 6.07) is 13.6. The van der Waals surface area contributed by atoms with Crippen LogP contribution in [0.3, 0.4) is 0 Å². The molecule has 0 spiro atoms. The van der Waals surface area contributed by atoms with Gasteiger partial charge < -0.3 is 4.74 Å². The third-order valence-corrected chi connectivity index (χ3v) is 6.00. The molecular weight excluding hydrogens is 499 g/mol. The van der Waals surface area contributed by atoms with Crippen LogP contribution in [0.2, 0.25) is 0 Å². The van der Waals surface area contributed by atoms with Crippen molar-refractivity contribution in [2.45, 2.75) is 26.1 Å². The number of ether oxygens (including phenoxy) is 1. The molecule has 0 saturated heterocycles. The largest absolute Gasteiger partial charge is 0.505 e. The Balaban J connectivity index is 2.06. The van der Waals surface area contributed by atoms with Crippen LogP contribution in [-0.4, -0.2) is 26.0 Å². The first kappa shape index (κ1) is 26.2. The number of aromatic nitrogens is 4. The van der Waals surface area contributed by atoms with Gasteiger partial charge in [0, 0.05) is 5.69 Å². The Labute approximate surface area is 215 Å². The zero-order valence-electron chi connectivity index (χ0n) is 20.6. The molecule has 11 heteroatoms. The number of hydrogen-bond donors (Lipinski definition) is 0. The molecule has 194 valence electrons. The Morgan fingerprint density at radius 1 is 1.08 bits per heavy atom. The lowest BCUT2D eigenvalue weighted by Crippen LogP contribution is -2.43. The maximum Gasteiger partial charge on any atom is 0.416 e. The molecule has 4 rings (SSSR count). The van der Waals surface area contributed by atoms with Crippen molar-refractivity contribution < 1.29 is 17.9 Å². The summed E-state index contributed by atoms with van der Waals surface area (Å²) in [6.45, 7) is 3.08. The van der Waals surface area contributed by atoms with E-state index in [2.05, 4.69) is 5.10 Å². The van der Waals surface area contributed by atoms with Crippen molar-refractivity contribution in [3.05, 3.63) is 111 Å². The van der Waals surface area contributed by atoms with Crippen LogP contribution in [0.1, 0.15) is 29.8 Å². The predicted octanol–water partition coefficient (Wildman–Crippen LogP) is 4.77. The van der Waals surface area contributed by atoms with E-state index in [0.717, 1.165) is 21.3 Å². The van der Waals surface area contributed by atoms with E-state index in [1.807, 2.05) is 6.07 Å². The maximum atomic E-state index is 13.8. The first-order valence-electron chi connectivity index (χ1n) is 11.4. The van der Waals surface area contributed by atoms with Gasteiger partial charge in [0.05, 0.1) is 65.4 Å². The summed E-state index contributed by atoms with van der Waals surface area (Å²) < 4.78 is 48.9. The highest BCUT2D eigenvalue weighted by Gasteiger charge is 2.31. The minimum atomic E-state index is -4.63. The van der Waals surface area contributed by atoms with E-state index in [9.17, 15) is 22.8 Å². The summed E-state index contributed by atoms with van der Waals surface area (Å²) in [4.78, 5) is 27.5. The van der Waals surface area contributed by atoms with E-state index < -0.39 is 29.0 Å². The molecule has 0 amide bonds. The van der Waals surface area contributed by atoms with Crippen LogP contribution in [-0.2, 0) is 10.9 Å². The Morgan fingerprint density at radius 3 is 2.42 bits per heavy atom. The van der Waals surface area contributed by atoms with Crippen molar-refractivity contribution in [3.8, 4) is 28.7 Å². The van der Waals surface area contributed by atoms with Crippen molar-refractivity contribution in [3.63, 3.8) is 0 Å². The Kier molecular flexibility index (Phi) is 7.08. The molecule has 0 radical (unpaired) electrons. The number of nitrogens with zero attached hydrogens (tertiary/aromatic N) is 5. The van der Waals surface area contributed by atoms with Gasteiger partial charge in [-0.2, -0.15) is 23.5 Å². The summed E-state index contributed by atoms with van der Waals surface area (Å²) in [5.74, 6) is 0. The van der Waals surface area contributed by atoms with Crippen LogP contribution in [0.15, 0.2) is 82.7 Å². The minimum Gasteiger partial charge on any atom is -0.505 e. The normalized spacial score (nSPS) is 12.4. The van der Waals surface area contributed by atoms with Gasteiger partial charge in [0.25, 0.3) is 5.56 Å². The van der Waals surface area contributed by atoms with Gasteiger partial charge >= 0.3 is 11.9 Å². The van der Waals surface area contributed by atoms with E-state index in [1.54, 1.807) is 37.3 Å². The van der Waals surface area contributed by atoms with E-state index in [-0.39, 0.29) is 16.9 Å². The van der Waals surface area contributed by atoms with Gasteiger partial charge in [-0.3, -0.25) is 13.9 Å². The molecule has 2 aromatic carbocycles. The predicted molar refractivity (Wildman–Crippen MR) is 134 cm³/mol. The molecule has 38 heavy (non-hydrogen) atoms. The molecule has 0 N–H and O–H groups in total. The zero-order valence-corrected chi connectivity index (χ0v) is 20.6. The topological polar surface area (TPSA) is 94.8 Å². The van der Waals surface area contributed by atoms with Crippen molar-refractivity contribution in [2.24, 2.45) is 0 Å². The molecular formula is C27H22F3N5O3. The lowest BCUT2D eigenvalue weighted by Gasteiger charge is -2.20. The first-order valence-corrected chi connectivity index (χ1v) is 11.4. The quantitative estimate of drug-likeness (QED) is 0.341. The Morgan fingerprint density at radius 2 is 1.79 bits per heavy atom. The molecule has 2 heterocycles. The summed E-state index contributed by atoms with van der Waals surface area (Å²) in [5, 5.41) is 13.4. The zero-order chi connectivity index (χ0) is 27.6. The lowest BCUT2D eigenvalue weighted by molar-refractivity contribution is -0.137. The number of allylic oxidation sites excluding steroid dienone is 1. The van der Waals surface area contributed by atoms with Gasteiger partial charge in [-0.15, -0.1) is 0 Å². The average molecular weight is 521 g/mol. The second kappa shape index (κ2) is 10.3. The lowest BCUT2D eigenvalue weighted by atomic mass is 10.1. The van der Waals surface area contributed by atoms with Crippen molar-refractivity contribution in [1.29, 1.82) is 5.26 Å². The SMILES string of the molecule is CO/C=C/[C@@H](C)n1c(=O)c(-c2ccnn2-c2ccc(C#N)cc2)c(C)n(-c2cccc(C(F)(F)F)c2)c1=O. The van der Waals surface area contributed by atoms with Gasteiger partial charge in [0.1, 0.15) is 0 Å². The van der Waals surface area contributed by atoms with Crippen LogP contribution >= 0.6 is 0 Å². The Hall–Kier alpha value is -4.85.